The normalized spacial score (nSPS) is 26.7. The van der Waals surface area contributed by atoms with E-state index in [0.717, 1.165) is 25.6 Å². The summed E-state index contributed by atoms with van der Waals surface area (Å²) in [6, 6.07) is 0. The Labute approximate surface area is 100 Å². The molecule has 1 aromatic rings. The molecule has 3 rings (SSSR count). The van der Waals surface area contributed by atoms with E-state index in [1.807, 2.05) is 11.3 Å². The molecule has 0 spiro atoms. The summed E-state index contributed by atoms with van der Waals surface area (Å²) < 4.78 is 5.80. The number of rotatable bonds is 2. The van der Waals surface area contributed by atoms with Gasteiger partial charge in [0, 0.05) is 19.0 Å². The van der Waals surface area contributed by atoms with Crippen LogP contribution in [0.25, 0.3) is 0 Å². The first-order valence-electron chi connectivity index (χ1n) is 6.14. The topological polar surface area (TPSA) is 34.2 Å². The highest BCUT2D eigenvalue weighted by molar-refractivity contribution is 7.11. The van der Waals surface area contributed by atoms with Crippen LogP contribution in [0.3, 0.4) is 0 Å². The van der Waals surface area contributed by atoms with E-state index < -0.39 is 0 Å². The first-order valence-corrected chi connectivity index (χ1v) is 6.96. The number of morpholine rings is 1. The van der Waals surface area contributed by atoms with E-state index in [4.69, 9.17) is 9.72 Å². The van der Waals surface area contributed by atoms with Crippen molar-refractivity contribution in [2.45, 2.75) is 38.2 Å². The Balaban J connectivity index is 1.79. The predicted molar refractivity (Wildman–Crippen MR) is 65.0 cm³/mol. The molecule has 0 bridgehead atoms. The standard InChI is InChI=1S/C12H18N2OS/c1-8-11(10-7-13-5-6-15-10)16-12(14-8)9-3-2-4-9/h9-10,13H,2-7H2,1H3. The van der Waals surface area contributed by atoms with Crippen molar-refractivity contribution in [1.29, 1.82) is 0 Å². The average Bonchev–Trinajstić information content (AvgIpc) is 2.59. The Bertz CT molecular complexity index is 367. The van der Waals surface area contributed by atoms with Gasteiger partial charge < -0.3 is 10.1 Å². The van der Waals surface area contributed by atoms with Crippen LogP contribution in [-0.4, -0.2) is 24.7 Å². The van der Waals surface area contributed by atoms with Crippen LogP contribution >= 0.6 is 11.3 Å². The third-order valence-electron chi connectivity index (χ3n) is 3.52. The molecular weight excluding hydrogens is 220 g/mol. The van der Waals surface area contributed by atoms with Crippen LogP contribution in [0.15, 0.2) is 0 Å². The van der Waals surface area contributed by atoms with E-state index in [9.17, 15) is 0 Å². The molecule has 16 heavy (non-hydrogen) atoms. The first kappa shape index (κ1) is 10.7. The van der Waals surface area contributed by atoms with Crippen LogP contribution in [0.1, 0.15) is 46.9 Å². The summed E-state index contributed by atoms with van der Waals surface area (Å²) >= 11 is 1.87. The fourth-order valence-electron chi connectivity index (χ4n) is 2.29. The maximum absolute atomic E-state index is 5.80. The molecular formula is C12H18N2OS. The molecule has 3 nitrogen and oxygen atoms in total. The SMILES string of the molecule is Cc1nc(C2CCC2)sc1C1CNCCO1. The fourth-order valence-corrected chi connectivity index (χ4v) is 3.58. The van der Waals surface area contributed by atoms with Gasteiger partial charge in [0.25, 0.3) is 0 Å². The van der Waals surface area contributed by atoms with Crippen molar-refractivity contribution in [3.05, 3.63) is 15.6 Å². The van der Waals surface area contributed by atoms with Gasteiger partial charge in [-0.2, -0.15) is 0 Å². The van der Waals surface area contributed by atoms with Crippen LogP contribution in [0.4, 0.5) is 0 Å². The van der Waals surface area contributed by atoms with Gasteiger partial charge >= 0.3 is 0 Å². The van der Waals surface area contributed by atoms with E-state index in [1.54, 1.807) is 0 Å². The zero-order valence-electron chi connectivity index (χ0n) is 9.66. The molecule has 1 aliphatic heterocycles. The van der Waals surface area contributed by atoms with Gasteiger partial charge in [0.1, 0.15) is 6.10 Å². The molecule has 88 valence electrons. The zero-order valence-corrected chi connectivity index (χ0v) is 10.5. The molecule has 0 amide bonds. The Morgan fingerprint density at radius 3 is 2.94 bits per heavy atom. The van der Waals surface area contributed by atoms with Crippen molar-refractivity contribution in [1.82, 2.24) is 10.3 Å². The second-order valence-corrected chi connectivity index (χ2v) is 5.76. The Morgan fingerprint density at radius 2 is 2.31 bits per heavy atom. The molecule has 1 N–H and O–H groups in total. The molecule has 1 aromatic heterocycles. The molecule has 1 atom stereocenters. The highest BCUT2D eigenvalue weighted by Crippen LogP contribution is 2.40. The molecule has 1 aliphatic carbocycles. The third kappa shape index (κ3) is 1.90. The van der Waals surface area contributed by atoms with Crippen molar-refractivity contribution in [3.63, 3.8) is 0 Å². The van der Waals surface area contributed by atoms with Crippen LogP contribution in [0, 0.1) is 6.92 Å². The number of nitrogens with zero attached hydrogens (tertiary/aromatic N) is 1. The lowest BCUT2D eigenvalue weighted by molar-refractivity contribution is 0.0295. The summed E-state index contributed by atoms with van der Waals surface area (Å²) in [4.78, 5) is 6.06. The summed E-state index contributed by atoms with van der Waals surface area (Å²) in [6.07, 6.45) is 4.27. The Morgan fingerprint density at radius 1 is 1.44 bits per heavy atom. The lowest BCUT2D eigenvalue weighted by atomic mass is 9.86. The number of aryl methyl sites for hydroxylation is 1. The summed E-state index contributed by atoms with van der Waals surface area (Å²) in [7, 11) is 0. The number of nitrogens with one attached hydrogen (secondary N) is 1. The van der Waals surface area contributed by atoms with Crippen molar-refractivity contribution >= 4 is 11.3 Å². The van der Waals surface area contributed by atoms with Gasteiger partial charge in [0.15, 0.2) is 0 Å². The monoisotopic (exact) mass is 238 g/mol. The minimum Gasteiger partial charge on any atom is -0.370 e. The molecule has 1 saturated heterocycles. The average molecular weight is 238 g/mol. The zero-order chi connectivity index (χ0) is 11.0. The third-order valence-corrected chi connectivity index (χ3v) is 4.94. The van der Waals surface area contributed by atoms with Gasteiger partial charge in [0.05, 0.1) is 22.2 Å². The van der Waals surface area contributed by atoms with Crippen LogP contribution < -0.4 is 5.32 Å². The van der Waals surface area contributed by atoms with E-state index in [-0.39, 0.29) is 6.10 Å². The highest BCUT2D eigenvalue weighted by Gasteiger charge is 2.27. The molecule has 4 heteroatoms. The Kier molecular flexibility index (Phi) is 2.96. The number of hydrogen-bond acceptors (Lipinski definition) is 4. The van der Waals surface area contributed by atoms with Gasteiger partial charge in [-0.1, -0.05) is 6.42 Å². The minimum absolute atomic E-state index is 0.236. The molecule has 1 unspecified atom stereocenters. The van der Waals surface area contributed by atoms with E-state index in [1.165, 1.54) is 34.8 Å². The lowest BCUT2D eigenvalue weighted by Crippen LogP contribution is -2.33. The maximum Gasteiger partial charge on any atom is 0.106 e. The minimum atomic E-state index is 0.236. The summed E-state index contributed by atoms with van der Waals surface area (Å²) in [6.45, 7) is 4.85. The van der Waals surface area contributed by atoms with Gasteiger partial charge in [-0.3, -0.25) is 0 Å². The van der Waals surface area contributed by atoms with E-state index in [0.29, 0.717) is 0 Å². The number of ether oxygens (including phenoxy) is 1. The van der Waals surface area contributed by atoms with Crippen molar-refractivity contribution in [3.8, 4) is 0 Å². The van der Waals surface area contributed by atoms with Gasteiger partial charge in [-0.25, -0.2) is 4.98 Å². The van der Waals surface area contributed by atoms with Crippen LogP contribution in [0.2, 0.25) is 0 Å². The number of hydrogen-bond donors (Lipinski definition) is 1. The fraction of sp³-hybridized carbons (Fsp3) is 0.750. The van der Waals surface area contributed by atoms with Crippen molar-refractivity contribution in [2.24, 2.45) is 0 Å². The summed E-state index contributed by atoms with van der Waals surface area (Å²) in [5.41, 5.74) is 1.18. The first-order chi connectivity index (χ1) is 7.84. The van der Waals surface area contributed by atoms with Gasteiger partial charge in [-0.05, 0) is 19.8 Å². The van der Waals surface area contributed by atoms with Gasteiger partial charge in [0.2, 0.25) is 0 Å². The molecule has 2 fully saturated rings. The quantitative estimate of drug-likeness (QED) is 0.859. The molecule has 2 heterocycles. The van der Waals surface area contributed by atoms with Gasteiger partial charge in [-0.15, -0.1) is 11.3 Å². The molecule has 2 aliphatic rings. The van der Waals surface area contributed by atoms with E-state index in [2.05, 4.69) is 12.2 Å². The second kappa shape index (κ2) is 4.43. The number of thiazole rings is 1. The van der Waals surface area contributed by atoms with Crippen LogP contribution in [-0.2, 0) is 4.74 Å². The van der Waals surface area contributed by atoms with Crippen LogP contribution in [0.5, 0.6) is 0 Å². The summed E-state index contributed by atoms with van der Waals surface area (Å²) in [5.74, 6) is 0.744. The smallest absolute Gasteiger partial charge is 0.106 e. The van der Waals surface area contributed by atoms with Crippen molar-refractivity contribution < 1.29 is 4.74 Å². The van der Waals surface area contributed by atoms with E-state index >= 15 is 0 Å². The Hall–Kier alpha value is -0.450. The second-order valence-electron chi connectivity index (χ2n) is 4.69. The largest absolute Gasteiger partial charge is 0.370 e. The summed E-state index contributed by atoms with van der Waals surface area (Å²) in [5, 5.41) is 4.72. The predicted octanol–water partition coefficient (Wildman–Crippen LogP) is 2.38. The van der Waals surface area contributed by atoms with Crippen molar-refractivity contribution in [2.75, 3.05) is 19.7 Å². The lowest BCUT2D eigenvalue weighted by Gasteiger charge is -2.23. The highest BCUT2D eigenvalue weighted by atomic mass is 32.1. The number of aromatic nitrogens is 1. The maximum atomic E-state index is 5.80. The molecule has 1 saturated carbocycles. The molecule has 0 radical (unpaired) electrons. The molecule has 0 aromatic carbocycles.